The van der Waals surface area contributed by atoms with Crippen LogP contribution >= 0.6 is 22.7 Å². The van der Waals surface area contributed by atoms with Crippen LogP contribution in [0.4, 0.5) is 0 Å². The molecular weight excluding hydrogens is 314 g/mol. The molecule has 3 heterocycles. The average Bonchev–Trinajstić information content (AvgIpc) is 3.27. The SMILES string of the molecule is O=C(CCc1ccsc1)N(Cc1ccco1)Cc1cccs1. The summed E-state index contributed by atoms with van der Waals surface area (Å²) in [5, 5.41) is 6.19. The first-order valence-electron chi connectivity index (χ1n) is 7.15. The minimum absolute atomic E-state index is 0.163. The molecule has 0 aliphatic heterocycles. The van der Waals surface area contributed by atoms with E-state index >= 15 is 0 Å². The highest BCUT2D eigenvalue weighted by Gasteiger charge is 2.16. The van der Waals surface area contributed by atoms with Crippen LogP contribution in [-0.2, 0) is 24.3 Å². The molecule has 3 aromatic heterocycles. The number of amides is 1. The van der Waals surface area contributed by atoms with Crippen LogP contribution in [0.1, 0.15) is 22.6 Å². The van der Waals surface area contributed by atoms with Gasteiger partial charge in [-0.2, -0.15) is 11.3 Å². The maximum Gasteiger partial charge on any atom is 0.223 e. The first kappa shape index (κ1) is 15.1. The molecule has 3 rings (SSSR count). The van der Waals surface area contributed by atoms with Crippen molar-refractivity contribution in [2.75, 3.05) is 0 Å². The normalized spacial score (nSPS) is 10.7. The van der Waals surface area contributed by atoms with Crippen molar-refractivity contribution in [3.63, 3.8) is 0 Å². The van der Waals surface area contributed by atoms with Crippen LogP contribution in [0.3, 0.4) is 0 Å². The largest absolute Gasteiger partial charge is 0.467 e. The van der Waals surface area contributed by atoms with E-state index in [0.717, 1.165) is 12.2 Å². The van der Waals surface area contributed by atoms with Crippen LogP contribution in [0.5, 0.6) is 0 Å². The Hall–Kier alpha value is -1.85. The summed E-state index contributed by atoms with van der Waals surface area (Å²) in [4.78, 5) is 15.6. The highest BCUT2D eigenvalue weighted by molar-refractivity contribution is 7.09. The standard InChI is InChI=1S/C17H17NO2S2/c19-17(6-5-14-7-10-21-13-14)18(11-15-3-1-8-20-15)12-16-4-2-9-22-16/h1-4,7-10,13H,5-6,11-12H2. The monoisotopic (exact) mass is 331 g/mol. The highest BCUT2D eigenvalue weighted by atomic mass is 32.1. The molecule has 22 heavy (non-hydrogen) atoms. The molecule has 1 amide bonds. The van der Waals surface area contributed by atoms with E-state index in [1.165, 1.54) is 10.4 Å². The number of hydrogen-bond donors (Lipinski definition) is 0. The van der Waals surface area contributed by atoms with Gasteiger partial charge in [-0.25, -0.2) is 0 Å². The van der Waals surface area contributed by atoms with Crippen molar-refractivity contribution in [1.82, 2.24) is 4.90 Å². The van der Waals surface area contributed by atoms with E-state index in [0.29, 0.717) is 19.5 Å². The number of thiophene rings is 2. The van der Waals surface area contributed by atoms with Gasteiger partial charge in [0.25, 0.3) is 0 Å². The smallest absolute Gasteiger partial charge is 0.223 e. The molecule has 0 unspecified atom stereocenters. The van der Waals surface area contributed by atoms with E-state index in [2.05, 4.69) is 17.5 Å². The zero-order valence-electron chi connectivity index (χ0n) is 12.1. The number of aryl methyl sites for hydroxylation is 1. The molecule has 0 saturated heterocycles. The lowest BCUT2D eigenvalue weighted by Crippen LogP contribution is -2.29. The third-order valence-corrected chi connectivity index (χ3v) is 5.01. The van der Waals surface area contributed by atoms with Crippen LogP contribution in [0.2, 0.25) is 0 Å². The molecule has 0 saturated carbocycles. The van der Waals surface area contributed by atoms with Crippen molar-refractivity contribution in [2.24, 2.45) is 0 Å². The molecule has 0 aromatic carbocycles. The molecule has 0 N–H and O–H groups in total. The molecule has 0 fully saturated rings. The van der Waals surface area contributed by atoms with Crippen LogP contribution < -0.4 is 0 Å². The topological polar surface area (TPSA) is 33.5 Å². The van der Waals surface area contributed by atoms with E-state index in [4.69, 9.17) is 4.42 Å². The van der Waals surface area contributed by atoms with Gasteiger partial charge < -0.3 is 9.32 Å². The number of carbonyl (C=O) groups is 1. The summed E-state index contributed by atoms with van der Waals surface area (Å²) in [5.41, 5.74) is 1.23. The zero-order chi connectivity index (χ0) is 15.2. The number of furan rings is 1. The van der Waals surface area contributed by atoms with Gasteiger partial charge in [-0.05, 0) is 52.4 Å². The average molecular weight is 331 g/mol. The second kappa shape index (κ2) is 7.42. The summed E-state index contributed by atoms with van der Waals surface area (Å²) >= 11 is 3.34. The summed E-state index contributed by atoms with van der Waals surface area (Å²) in [5.74, 6) is 0.983. The fourth-order valence-corrected chi connectivity index (χ4v) is 3.68. The van der Waals surface area contributed by atoms with E-state index in [9.17, 15) is 4.79 Å². The van der Waals surface area contributed by atoms with Crippen molar-refractivity contribution in [2.45, 2.75) is 25.9 Å². The lowest BCUT2D eigenvalue weighted by molar-refractivity contribution is -0.132. The van der Waals surface area contributed by atoms with Crippen LogP contribution in [-0.4, -0.2) is 10.8 Å². The summed E-state index contributed by atoms with van der Waals surface area (Å²) in [6, 6.07) is 9.92. The lowest BCUT2D eigenvalue weighted by atomic mass is 10.1. The number of nitrogens with zero attached hydrogens (tertiary/aromatic N) is 1. The first-order chi connectivity index (χ1) is 10.8. The van der Waals surface area contributed by atoms with Crippen LogP contribution in [0.25, 0.3) is 0 Å². The Bertz CT molecular complexity index is 636. The quantitative estimate of drug-likeness (QED) is 0.636. The van der Waals surface area contributed by atoms with E-state index in [1.54, 1.807) is 28.9 Å². The zero-order valence-corrected chi connectivity index (χ0v) is 13.7. The predicted molar refractivity (Wildman–Crippen MR) is 89.9 cm³/mol. The lowest BCUT2D eigenvalue weighted by Gasteiger charge is -2.21. The van der Waals surface area contributed by atoms with Gasteiger partial charge in [-0.15, -0.1) is 11.3 Å². The van der Waals surface area contributed by atoms with Crippen molar-refractivity contribution < 1.29 is 9.21 Å². The van der Waals surface area contributed by atoms with Gasteiger partial charge >= 0.3 is 0 Å². The van der Waals surface area contributed by atoms with Crippen molar-refractivity contribution >= 4 is 28.6 Å². The van der Waals surface area contributed by atoms with Gasteiger partial charge in [-0.1, -0.05) is 6.07 Å². The van der Waals surface area contributed by atoms with Gasteiger partial charge in [0.2, 0.25) is 5.91 Å². The van der Waals surface area contributed by atoms with E-state index < -0.39 is 0 Å². The molecule has 3 nitrogen and oxygen atoms in total. The maximum absolute atomic E-state index is 12.6. The minimum atomic E-state index is 0.163. The van der Waals surface area contributed by atoms with Gasteiger partial charge in [0.1, 0.15) is 5.76 Å². The Morgan fingerprint density at radius 1 is 1.14 bits per heavy atom. The summed E-state index contributed by atoms with van der Waals surface area (Å²) in [6.45, 7) is 1.16. The fourth-order valence-electron chi connectivity index (χ4n) is 2.26. The maximum atomic E-state index is 12.6. The number of rotatable bonds is 7. The van der Waals surface area contributed by atoms with Crippen molar-refractivity contribution in [3.05, 3.63) is 68.9 Å². The molecule has 5 heteroatoms. The molecule has 0 aliphatic carbocycles. The van der Waals surface area contributed by atoms with Crippen molar-refractivity contribution in [1.29, 1.82) is 0 Å². The molecule has 114 valence electrons. The molecule has 0 bridgehead atoms. The first-order valence-corrected chi connectivity index (χ1v) is 8.97. The Kier molecular flexibility index (Phi) is 5.08. The summed E-state index contributed by atoms with van der Waals surface area (Å²) in [7, 11) is 0. The van der Waals surface area contributed by atoms with Gasteiger partial charge in [0.05, 0.1) is 19.4 Å². The summed E-state index contributed by atoms with van der Waals surface area (Å²) < 4.78 is 5.39. The third kappa shape index (κ3) is 4.08. The Balaban J connectivity index is 1.64. The van der Waals surface area contributed by atoms with E-state index in [1.807, 2.05) is 33.9 Å². The number of hydrogen-bond acceptors (Lipinski definition) is 4. The minimum Gasteiger partial charge on any atom is -0.467 e. The van der Waals surface area contributed by atoms with Crippen LogP contribution in [0.15, 0.2) is 57.2 Å². The third-order valence-electron chi connectivity index (χ3n) is 3.41. The molecule has 0 atom stereocenters. The van der Waals surface area contributed by atoms with Crippen molar-refractivity contribution in [3.8, 4) is 0 Å². The number of carbonyl (C=O) groups excluding carboxylic acids is 1. The second-order valence-electron chi connectivity index (χ2n) is 5.04. The van der Waals surface area contributed by atoms with Gasteiger partial charge in [-0.3, -0.25) is 4.79 Å². The predicted octanol–water partition coefficient (Wildman–Crippen LogP) is 4.56. The molecule has 0 aliphatic rings. The van der Waals surface area contributed by atoms with E-state index in [-0.39, 0.29) is 5.91 Å². The molecule has 0 spiro atoms. The molecule has 0 radical (unpaired) electrons. The van der Waals surface area contributed by atoms with Gasteiger partial charge in [0, 0.05) is 11.3 Å². The Labute approximate surface area is 137 Å². The molecular formula is C17H17NO2S2. The fraction of sp³-hybridized carbons (Fsp3) is 0.235. The highest BCUT2D eigenvalue weighted by Crippen LogP contribution is 2.17. The van der Waals surface area contributed by atoms with Crippen LogP contribution in [0, 0.1) is 0 Å². The second-order valence-corrected chi connectivity index (χ2v) is 6.85. The summed E-state index contributed by atoms with van der Waals surface area (Å²) in [6.07, 6.45) is 2.97. The molecule has 3 aromatic rings. The Morgan fingerprint density at radius 3 is 2.77 bits per heavy atom. The van der Waals surface area contributed by atoms with Gasteiger partial charge in [0.15, 0.2) is 0 Å². The Morgan fingerprint density at radius 2 is 2.09 bits per heavy atom.